The number of hydrogen-bond acceptors (Lipinski definition) is 3. The number of nitrogens with one attached hydrogen (secondary N) is 1. The second-order valence-electron chi connectivity index (χ2n) is 5.48. The van der Waals surface area contributed by atoms with Gasteiger partial charge in [0.15, 0.2) is 0 Å². The van der Waals surface area contributed by atoms with Gasteiger partial charge in [0.2, 0.25) is 0 Å². The molecule has 1 unspecified atom stereocenters. The fraction of sp³-hybridized carbons (Fsp3) is 0.733. The van der Waals surface area contributed by atoms with Crippen LogP contribution in [-0.4, -0.2) is 16.0 Å². The van der Waals surface area contributed by atoms with Gasteiger partial charge in [0.05, 0.1) is 0 Å². The molecule has 0 saturated heterocycles. The van der Waals surface area contributed by atoms with E-state index in [4.69, 9.17) is 11.6 Å². The third kappa shape index (κ3) is 6.24. The molecule has 0 amide bonds. The molecular formula is C15H26ClN3. The van der Waals surface area contributed by atoms with Crippen LogP contribution < -0.4 is 5.32 Å². The highest BCUT2D eigenvalue weighted by atomic mass is 35.5. The van der Waals surface area contributed by atoms with Crippen molar-refractivity contribution in [2.75, 3.05) is 5.32 Å². The highest BCUT2D eigenvalue weighted by Crippen LogP contribution is 2.18. The zero-order chi connectivity index (χ0) is 14.3. The number of halogens is 1. The standard InChI is InChI=1S/C15H26ClN3/c1-5-6-7-8-9-12(4)17-14-10-13(16)18-15(19-14)11(2)3/h10-12H,5-9H2,1-4H3,(H,17,18,19). The molecule has 1 atom stereocenters. The fourth-order valence-corrected chi connectivity index (χ4v) is 2.16. The van der Waals surface area contributed by atoms with E-state index in [-0.39, 0.29) is 0 Å². The van der Waals surface area contributed by atoms with Gasteiger partial charge in [0.1, 0.15) is 16.8 Å². The fourth-order valence-electron chi connectivity index (χ4n) is 1.97. The summed E-state index contributed by atoms with van der Waals surface area (Å²) in [5, 5.41) is 3.93. The molecule has 0 aliphatic heterocycles. The Balaban J connectivity index is 2.51. The van der Waals surface area contributed by atoms with Gasteiger partial charge in [-0.15, -0.1) is 0 Å². The Morgan fingerprint density at radius 3 is 2.53 bits per heavy atom. The number of nitrogens with zero attached hydrogens (tertiary/aromatic N) is 2. The quantitative estimate of drug-likeness (QED) is 0.537. The Morgan fingerprint density at radius 2 is 1.89 bits per heavy atom. The maximum atomic E-state index is 6.03. The zero-order valence-electron chi connectivity index (χ0n) is 12.5. The molecule has 0 fully saturated rings. The van der Waals surface area contributed by atoms with Crippen molar-refractivity contribution in [3.05, 3.63) is 17.0 Å². The van der Waals surface area contributed by atoms with Gasteiger partial charge < -0.3 is 5.32 Å². The SMILES string of the molecule is CCCCCCC(C)Nc1cc(Cl)nc(C(C)C)n1. The van der Waals surface area contributed by atoms with E-state index < -0.39 is 0 Å². The van der Waals surface area contributed by atoms with Crippen molar-refractivity contribution in [2.24, 2.45) is 0 Å². The lowest BCUT2D eigenvalue weighted by atomic mass is 10.1. The molecule has 0 aromatic carbocycles. The summed E-state index contributed by atoms with van der Waals surface area (Å²) in [5.74, 6) is 1.93. The number of anilines is 1. The van der Waals surface area contributed by atoms with Gasteiger partial charge in [0, 0.05) is 18.0 Å². The third-order valence-electron chi connectivity index (χ3n) is 3.11. The minimum absolute atomic E-state index is 0.291. The summed E-state index contributed by atoms with van der Waals surface area (Å²) in [6, 6.07) is 2.22. The van der Waals surface area contributed by atoms with E-state index in [1.165, 1.54) is 32.1 Å². The molecule has 0 spiro atoms. The highest BCUT2D eigenvalue weighted by Gasteiger charge is 2.09. The average molecular weight is 284 g/mol. The molecular weight excluding hydrogens is 258 g/mol. The molecule has 1 aromatic heterocycles. The van der Waals surface area contributed by atoms with Crippen LogP contribution in [0.15, 0.2) is 6.07 Å². The van der Waals surface area contributed by atoms with Crippen LogP contribution in [-0.2, 0) is 0 Å². The molecule has 19 heavy (non-hydrogen) atoms. The maximum absolute atomic E-state index is 6.03. The summed E-state index contributed by atoms with van der Waals surface area (Å²) in [5.41, 5.74) is 0. The molecule has 0 aliphatic carbocycles. The van der Waals surface area contributed by atoms with Crippen molar-refractivity contribution in [3.8, 4) is 0 Å². The summed E-state index contributed by atoms with van der Waals surface area (Å²) in [6.45, 7) is 8.57. The lowest BCUT2D eigenvalue weighted by Gasteiger charge is -2.15. The van der Waals surface area contributed by atoms with Gasteiger partial charge in [-0.25, -0.2) is 9.97 Å². The minimum Gasteiger partial charge on any atom is -0.367 e. The first-order valence-corrected chi connectivity index (χ1v) is 7.71. The normalized spacial score (nSPS) is 12.7. The van der Waals surface area contributed by atoms with Crippen LogP contribution in [0.4, 0.5) is 5.82 Å². The largest absolute Gasteiger partial charge is 0.367 e. The van der Waals surface area contributed by atoms with Gasteiger partial charge in [-0.3, -0.25) is 0 Å². The van der Waals surface area contributed by atoms with E-state index in [0.29, 0.717) is 17.1 Å². The summed E-state index contributed by atoms with van der Waals surface area (Å²) in [7, 11) is 0. The predicted molar refractivity (Wildman–Crippen MR) is 83.0 cm³/mol. The summed E-state index contributed by atoms with van der Waals surface area (Å²) < 4.78 is 0. The first-order chi connectivity index (χ1) is 9.02. The molecule has 1 N–H and O–H groups in total. The Hall–Kier alpha value is -0.830. The van der Waals surface area contributed by atoms with Crippen molar-refractivity contribution in [1.82, 2.24) is 9.97 Å². The van der Waals surface area contributed by atoms with Crippen LogP contribution in [0, 0.1) is 0 Å². The van der Waals surface area contributed by atoms with E-state index in [1.807, 2.05) is 0 Å². The van der Waals surface area contributed by atoms with Gasteiger partial charge in [-0.05, 0) is 13.3 Å². The van der Waals surface area contributed by atoms with Crippen molar-refractivity contribution in [1.29, 1.82) is 0 Å². The second kappa shape index (κ2) is 8.36. The van der Waals surface area contributed by atoms with Crippen LogP contribution >= 0.6 is 11.6 Å². The van der Waals surface area contributed by atoms with Gasteiger partial charge in [-0.2, -0.15) is 0 Å². The molecule has 0 bridgehead atoms. The number of rotatable bonds is 8. The Labute approximate surface area is 122 Å². The van der Waals surface area contributed by atoms with Crippen LogP contribution in [0.1, 0.15) is 71.5 Å². The van der Waals surface area contributed by atoms with Crippen LogP contribution in [0.2, 0.25) is 5.15 Å². The van der Waals surface area contributed by atoms with E-state index in [2.05, 4.69) is 43.0 Å². The van der Waals surface area contributed by atoms with Gasteiger partial charge >= 0.3 is 0 Å². The monoisotopic (exact) mass is 283 g/mol. The average Bonchev–Trinajstić information content (AvgIpc) is 2.34. The van der Waals surface area contributed by atoms with Crippen molar-refractivity contribution in [3.63, 3.8) is 0 Å². The molecule has 4 heteroatoms. The molecule has 108 valence electrons. The van der Waals surface area contributed by atoms with Gasteiger partial charge in [0.25, 0.3) is 0 Å². The summed E-state index contributed by atoms with van der Waals surface area (Å²) >= 11 is 6.03. The molecule has 1 rings (SSSR count). The molecule has 0 radical (unpaired) electrons. The minimum atomic E-state index is 0.291. The molecule has 0 aliphatic rings. The Bertz CT molecular complexity index is 380. The third-order valence-corrected chi connectivity index (χ3v) is 3.31. The van der Waals surface area contributed by atoms with Crippen molar-refractivity contribution in [2.45, 2.75) is 71.8 Å². The molecule has 0 saturated carbocycles. The van der Waals surface area contributed by atoms with E-state index in [1.54, 1.807) is 6.07 Å². The lowest BCUT2D eigenvalue weighted by Crippen LogP contribution is -2.16. The molecule has 1 aromatic rings. The van der Waals surface area contributed by atoms with Crippen LogP contribution in [0.3, 0.4) is 0 Å². The summed E-state index contributed by atoms with van der Waals surface area (Å²) in [4.78, 5) is 8.75. The van der Waals surface area contributed by atoms with Crippen LogP contribution in [0.25, 0.3) is 0 Å². The van der Waals surface area contributed by atoms with Crippen molar-refractivity contribution < 1.29 is 0 Å². The first kappa shape index (κ1) is 16.2. The highest BCUT2D eigenvalue weighted by molar-refractivity contribution is 6.29. The number of hydrogen-bond donors (Lipinski definition) is 1. The Morgan fingerprint density at radius 1 is 1.16 bits per heavy atom. The van der Waals surface area contributed by atoms with Crippen molar-refractivity contribution >= 4 is 17.4 Å². The number of unbranched alkanes of at least 4 members (excludes halogenated alkanes) is 3. The Kier molecular flexibility index (Phi) is 7.14. The number of aromatic nitrogens is 2. The second-order valence-corrected chi connectivity index (χ2v) is 5.87. The van der Waals surface area contributed by atoms with Crippen LogP contribution in [0.5, 0.6) is 0 Å². The molecule has 3 nitrogen and oxygen atoms in total. The predicted octanol–water partition coefficient (Wildman–Crippen LogP) is 5.02. The smallest absolute Gasteiger partial charge is 0.135 e. The van der Waals surface area contributed by atoms with E-state index in [0.717, 1.165) is 11.6 Å². The summed E-state index contributed by atoms with van der Waals surface area (Å²) in [6.07, 6.45) is 6.34. The first-order valence-electron chi connectivity index (χ1n) is 7.34. The zero-order valence-corrected chi connectivity index (χ0v) is 13.3. The molecule has 1 heterocycles. The lowest BCUT2D eigenvalue weighted by molar-refractivity contribution is 0.592. The van der Waals surface area contributed by atoms with E-state index >= 15 is 0 Å². The maximum Gasteiger partial charge on any atom is 0.135 e. The van der Waals surface area contributed by atoms with E-state index in [9.17, 15) is 0 Å². The topological polar surface area (TPSA) is 37.8 Å². The van der Waals surface area contributed by atoms with Gasteiger partial charge in [-0.1, -0.05) is 58.1 Å².